The number of carbonyl (C=O) groups is 2. The fraction of sp³-hybridized carbons (Fsp3) is 0.294. The SMILES string of the molecule is Cc1ccc(CNC(=O)[C@@H](C)OC(=O)c2ccoc2C)cc1. The molecule has 5 nitrogen and oxygen atoms in total. The summed E-state index contributed by atoms with van der Waals surface area (Å²) in [5.74, 6) is -0.434. The highest BCUT2D eigenvalue weighted by atomic mass is 16.5. The molecule has 0 bridgehead atoms. The van der Waals surface area contributed by atoms with E-state index in [0.29, 0.717) is 17.9 Å². The zero-order chi connectivity index (χ0) is 16.1. The van der Waals surface area contributed by atoms with Gasteiger partial charge in [-0.2, -0.15) is 0 Å². The van der Waals surface area contributed by atoms with Gasteiger partial charge in [0.25, 0.3) is 5.91 Å². The highest BCUT2D eigenvalue weighted by Crippen LogP contribution is 2.11. The van der Waals surface area contributed by atoms with E-state index in [4.69, 9.17) is 9.15 Å². The Morgan fingerprint density at radius 1 is 1.18 bits per heavy atom. The van der Waals surface area contributed by atoms with Crippen molar-refractivity contribution < 1.29 is 18.7 Å². The lowest BCUT2D eigenvalue weighted by Gasteiger charge is -2.13. The molecule has 22 heavy (non-hydrogen) atoms. The van der Waals surface area contributed by atoms with E-state index < -0.39 is 12.1 Å². The van der Waals surface area contributed by atoms with Crippen molar-refractivity contribution in [3.05, 3.63) is 59.0 Å². The van der Waals surface area contributed by atoms with Gasteiger partial charge in [-0.05, 0) is 32.4 Å². The number of hydrogen-bond donors (Lipinski definition) is 1. The number of ether oxygens (including phenoxy) is 1. The molecule has 0 saturated heterocycles. The summed E-state index contributed by atoms with van der Waals surface area (Å²) in [6.07, 6.45) is 0.542. The van der Waals surface area contributed by atoms with E-state index in [2.05, 4.69) is 5.32 Å². The highest BCUT2D eigenvalue weighted by Gasteiger charge is 2.20. The first kappa shape index (κ1) is 15.8. The first-order valence-corrected chi connectivity index (χ1v) is 7.05. The average Bonchev–Trinajstić information content (AvgIpc) is 2.92. The fourth-order valence-electron chi connectivity index (χ4n) is 1.91. The topological polar surface area (TPSA) is 68.5 Å². The molecule has 1 amide bonds. The van der Waals surface area contributed by atoms with Gasteiger partial charge in [0.05, 0.1) is 6.26 Å². The van der Waals surface area contributed by atoms with E-state index in [1.54, 1.807) is 6.92 Å². The van der Waals surface area contributed by atoms with Crippen LogP contribution in [0.3, 0.4) is 0 Å². The van der Waals surface area contributed by atoms with Gasteiger partial charge in [-0.3, -0.25) is 4.79 Å². The van der Waals surface area contributed by atoms with Gasteiger partial charge in [0.1, 0.15) is 11.3 Å². The zero-order valence-corrected chi connectivity index (χ0v) is 12.9. The fourth-order valence-corrected chi connectivity index (χ4v) is 1.91. The molecule has 2 aromatic rings. The molecule has 0 spiro atoms. The summed E-state index contributed by atoms with van der Waals surface area (Å²) < 4.78 is 10.2. The van der Waals surface area contributed by atoms with Crippen LogP contribution < -0.4 is 5.32 Å². The second kappa shape index (κ2) is 6.93. The molecule has 2 rings (SSSR count). The predicted molar refractivity (Wildman–Crippen MR) is 81.3 cm³/mol. The Labute approximate surface area is 129 Å². The van der Waals surface area contributed by atoms with Gasteiger partial charge >= 0.3 is 5.97 Å². The third-order valence-electron chi connectivity index (χ3n) is 3.32. The highest BCUT2D eigenvalue weighted by molar-refractivity contribution is 5.92. The summed E-state index contributed by atoms with van der Waals surface area (Å²) in [6.45, 7) is 5.60. The number of benzene rings is 1. The molecule has 0 aliphatic heterocycles. The molecule has 1 aromatic heterocycles. The Morgan fingerprint density at radius 2 is 1.86 bits per heavy atom. The quantitative estimate of drug-likeness (QED) is 0.862. The molecular weight excluding hydrogens is 282 g/mol. The third-order valence-corrected chi connectivity index (χ3v) is 3.32. The number of amides is 1. The first-order valence-electron chi connectivity index (χ1n) is 7.05. The van der Waals surface area contributed by atoms with E-state index in [0.717, 1.165) is 11.1 Å². The zero-order valence-electron chi connectivity index (χ0n) is 12.9. The standard InChI is InChI=1S/C17H19NO4/c1-11-4-6-14(7-5-11)10-18-16(19)13(3)22-17(20)15-8-9-21-12(15)2/h4-9,13H,10H2,1-3H3,(H,18,19)/t13-/m1/s1. The molecule has 1 atom stereocenters. The molecule has 1 heterocycles. The minimum absolute atomic E-state index is 0.332. The van der Waals surface area contributed by atoms with Crippen molar-refractivity contribution in [2.75, 3.05) is 0 Å². The second-order valence-corrected chi connectivity index (χ2v) is 5.14. The van der Waals surface area contributed by atoms with Gasteiger partial charge in [-0.25, -0.2) is 4.79 Å². The van der Waals surface area contributed by atoms with Crippen LogP contribution in [-0.4, -0.2) is 18.0 Å². The van der Waals surface area contributed by atoms with Crippen LogP contribution in [0.2, 0.25) is 0 Å². The number of carbonyl (C=O) groups excluding carboxylic acids is 2. The summed E-state index contributed by atoms with van der Waals surface area (Å²) in [6, 6.07) is 9.37. The molecule has 0 fully saturated rings. The predicted octanol–water partition coefficient (Wildman–Crippen LogP) is 2.76. The van der Waals surface area contributed by atoms with E-state index in [-0.39, 0.29) is 5.91 Å². The monoisotopic (exact) mass is 301 g/mol. The largest absolute Gasteiger partial charge is 0.469 e. The number of esters is 1. The molecule has 5 heteroatoms. The van der Waals surface area contributed by atoms with Crippen molar-refractivity contribution in [1.29, 1.82) is 0 Å². The van der Waals surface area contributed by atoms with Crippen molar-refractivity contribution in [1.82, 2.24) is 5.32 Å². The number of furan rings is 1. The van der Waals surface area contributed by atoms with E-state index >= 15 is 0 Å². The van der Waals surface area contributed by atoms with Crippen LogP contribution in [-0.2, 0) is 16.1 Å². The van der Waals surface area contributed by atoms with Crippen LogP contribution in [0.4, 0.5) is 0 Å². The van der Waals surface area contributed by atoms with Gasteiger partial charge < -0.3 is 14.5 Å². The molecule has 0 radical (unpaired) electrons. The lowest BCUT2D eigenvalue weighted by molar-refractivity contribution is -0.129. The Bertz CT molecular complexity index is 658. The Hall–Kier alpha value is -2.56. The summed E-state index contributed by atoms with van der Waals surface area (Å²) >= 11 is 0. The smallest absolute Gasteiger partial charge is 0.342 e. The number of hydrogen-bond acceptors (Lipinski definition) is 4. The van der Waals surface area contributed by atoms with Crippen molar-refractivity contribution in [3.8, 4) is 0 Å². The first-order chi connectivity index (χ1) is 10.5. The average molecular weight is 301 g/mol. The normalized spacial score (nSPS) is 11.8. The second-order valence-electron chi connectivity index (χ2n) is 5.14. The summed E-state index contributed by atoms with van der Waals surface area (Å²) in [7, 11) is 0. The molecule has 0 saturated carbocycles. The number of aryl methyl sites for hydroxylation is 2. The minimum Gasteiger partial charge on any atom is -0.469 e. The van der Waals surface area contributed by atoms with Gasteiger partial charge in [0.2, 0.25) is 0 Å². The van der Waals surface area contributed by atoms with Crippen molar-refractivity contribution >= 4 is 11.9 Å². The number of nitrogens with one attached hydrogen (secondary N) is 1. The van der Waals surface area contributed by atoms with E-state index in [9.17, 15) is 9.59 Å². The molecule has 0 aliphatic carbocycles. The van der Waals surface area contributed by atoms with Gasteiger partial charge in [-0.15, -0.1) is 0 Å². The van der Waals surface area contributed by atoms with E-state index in [1.165, 1.54) is 19.3 Å². The molecule has 0 unspecified atom stereocenters. The Morgan fingerprint density at radius 3 is 2.45 bits per heavy atom. The van der Waals surface area contributed by atoms with Gasteiger partial charge in [0.15, 0.2) is 6.10 Å². The van der Waals surface area contributed by atoms with Crippen LogP contribution >= 0.6 is 0 Å². The number of rotatable bonds is 5. The summed E-state index contributed by atoms with van der Waals surface area (Å²) in [5.41, 5.74) is 2.48. The van der Waals surface area contributed by atoms with Crippen molar-refractivity contribution in [2.45, 2.75) is 33.4 Å². The van der Waals surface area contributed by atoms with Crippen molar-refractivity contribution in [3.63, 3.8) is 0 Å². The third kappa shape index (κ3) is 3.97. The maximum absolute atomic E-state index is 12.0. The van der Waals surface area contributed by atoms with E-state index in [1.807, 2.05) is 31.2 Å². The minimum atomic E-state index is -0.868. The molecule has 116 valence electrons. The summed E-state index contributed by atoms with van der Waals surface area (Å²) in [4.78, 5) is 23.9. The molecule has 1 N–H and O–H groups in total. The van der Waals surface area contributed by atoms with Gasteiger partial charge in [-0.1, -0.05) is 29.8 Å². The molecular formula is C17H19NO4. The van der Waals surface area contributed by atoms with Crippen LogP contribution in [0.15, 0.2) is 41.0 Å². The Balaban J connectivity index is 1.85. The van der Waals surface area contributed by atoms with Crippen LogP contribution in [0.1, 0.15) is 34.2 Å². The van der Waals surface area contributed by atoms with Crippen molar-refractivity contribution in [2.24, 2.45) is 0 Å². The molecule has 1 aromatic carbocycles. The summed E-state index contributed by atoms with van der Waals surface area (Å²) in [5, 5.41) is 2.74. The maximum Gasteiger partial charge on any atom is 0.342 e. The maximum atomic E-state index is 12.0. The van der Waals surface area contributed by atoms with Gasteiger partial charge in [0, 0.05) is 6.54 Å². The van der Waals surface area contributed by atoms with Crippen LogP contribution in [0.5, 0.6) is 0 Å². The lowest BCUT2D eigenvalue weighted by atomic mass is 10.1. The van der Waals surface area contributed by atoms with Crippen LogP contribution in [0, 0.1) is 13.8 Å². The Kier molecular flexibility index (Phi) is 4.99. The lowest BCUT2D eigenvalue weighted by Crippen LogP contribution is -2.35. The van der Waals surface area contributed by atoms with Crippen LogP contribution in [0.25, 0.3) is 0 Å². The molecule has 0 aliphatic rings.